The number of nitrogens with one attached hydrogen (secondary N) is 3. The standard InChI is InChI=1S/C19H23N3O2S/c1-15-7-5-8-16(13-15)22-19(24)21-14-18(23)20-11-6-12-25-17-9-3-2-4-10-17/h2-5,7-10,13H,6,11-12,14H2,1H3,(H,20,23)(H2,21,22,24). The molecular weight excluding hydrogens is 334 g/mol. The number of aryl methyl sites for hydroxylation is 1. The summed E-state index contributed by atoms with van der Waals surface area (Å²) in [5, 5.41) is 8.05. The van der Waals surface area contributed by atoms with E-state index in [1.54, 1.807) is 17.8 Å². The van der Waals surface area contributed by atoms with E-state index in [2.05, 4.69) is 28.1 Å². The van der Waals surface area contributed by atoms with Gasteiger partial charge in [-0.3, -0.25) is 4.79 Å². The van der Waals surface area contributed by atoms with E-state index in [-0.39, 0.29) is 18.5 Å². The maximum atomic E-state index is 11.8. The predicted octanol–water partition coefficient (Wildman–Crippen LogP) is 3.42. The number of hydrogen-bond acceptors (Lipinski definition) is 3. The van der Waals surface area contributed by atoms with Crippen molar-refractivity contribution in [2.45, 2.75) is 18.2 Å². The number of benzene rings is 2. The smallest absolute Gasteiger partial charge is 0.319 e. The van der Waals surface area contributed by atoms with Crippen LogP contribution in [0.3, 0.4) is 0 Å². The van der Waals surface area contributed by atoms with Crippen LogP contribution in [0.4, 0.5) is 10.5 Å². The second kappa shape index (κ2) is 10.4. The molecule has 0 aliphatic carbocycles. The van der Waals surface area contributed by atoms with Crippen LogP contribution < -0.4 is 16.0 Å². The first kappa shape index (κ1) is 18.9. The molecule has 5 nitrogen and oxygen atoms in total. The van der Waals surface area contributed by atoms with Crippen molar-refractivity contribution in [2.75, 3.05) is 24.2 Å². The van der Waals surface area contributed by atoms with Gasteiger partial charge in [-0.2, -0.15) is 0 Å². The van der Waals surface area contributed by atoms with Crippen molar-refractivity contribution < 1.29 is 9.59 Å². The minimum absolute atomic E-state index is 0.0382. The summed E-state index contributed by atoms with van der Waals surface area (Å²) in [5.74, 6) is 0.745. The van der Waals surface area contributed by atoms with Crippen LogP contribution in [-0.4, -0.2) is 30.8 Å². The number of hydrogen-bond donors (Lipinski definition) is 3. The van der Waals surface area contributed by atoms with Crippen molar-refractivity contribution in [2.24, 2.45) is 0 Å². The van der Waals surface area contributed by atoms with E-state index in [9.17, 15) is 9.59 Å². The third-order valence-corrected chi connectivity index (χ3v) is 4.44. The van der Waals surface area contributed by atoms with Crippen molar-refractivity contribution in [1.82, 2.24) is 10.6 Å². The Labute approximate surface area is 152 Å². The fraction of sp³-hybridized carbons (Fsp3) is 0.263. The average molecular weight is 357 g/mol. The molecule has 3 amide bonds. The molecule has 0 aliphatic rings. The second-order valence-electron chi connectivity index (χ2n) is 5.54. The highest BCUT2D eigenvalue weighted by atomic mass is 32.2. The Bertz CT molecular complexity index is 692. The molecule has 0 fully saturated rings. The summed E-state index contributed by atoms with van der Waals surface area (Å²) >= 11 is 1.76. The molecule has 0 saturated carbocycles. The summed E-state index contributed by atoms with van der Waals surface area (Å²) in [4.78, 5) is 24.7. The highest BCUT2D eigenvalue weighted by molar-refractivity contribution is 7.99. The van der Waals surface area contributed by atoms with E-state index in [0.29, 0.717) is 12.2 Å². The van der Waals surface area contributed by atoms with Crippen LogP contribution in [0.1, 0.15) is 12.0 Å². The number of carbonyl (C=O) groups excluding carboxylic acids is 2. The summed E-state index contributed by atoms with van der Waals surface area (Å²) in [5.41, 5.74) is 1.76. The quantitative estimate of drug-likeness (QED) is 0.501. The summed E-state index contributed by atoms with van der Waals surface area (Å²) < 4.78 is 0. The largest absolute Gasteiger partial charge is 0.355 e. The van der Waals surface area contributed by atoms with Gasteiger partial charge in [0.1, 0.15) is 0 Å². The molecule has 6 heteroatoms. The Kier molecular flexibility index (Phi) is 7.85. The van der Waals surface area contributed by atoms with E-state index in [1.165, 1.54) is 4.90 Å². The first-order valence-corrected chi connectivity index (χ1v) is 9.18. The molecule has 2 aromatic rings. The SMILES string of the molecule is Cc1cccc(NC(=O)NCC(=O)NCCCSc2ccccc2)c1. The predicted molar refractivity (Wildman–Crippen MR) is 103 cm³/mol. The molecule has 0 heterocycles. The monoisotopic (exact) mass is 357 g/mol. The third kappa shape index (κ3) is 7.76. The fourth-order valence-electron chi connectivity index (χ4n) is 2.13. The number of carbonyl (C=O) groups is 2. The Morgan fingerprint density at radius 2 is 1.80 bits per heavy atom. The van der Waals surface area contributed by atoms with Gasteiger partial charge < -0.3 is 16.0 Å². The highest BCUT2D eigenvalue weighted by Crippen LogP contribution is 2.17. The van der Waals surface area contributed by atoms with Gasteiger partial charge in [0.25, 0.3) is 0 Å². The van der Waals surface area contributed by atoms with Gasteiger partial charge in [0.15, 0.2) is 0 Å². The Morgan fingerprint density at radius 1 is 1.00 bits per heavy atom. The van der Waals surface area contributed by atoms with Crippen LogP contribution in [0.2, 0.25) is 0 Å². The van der Waals surface area contributed by atoms with Gasteiger partial charge in [0.05, 0.1) is 6.54 Å². The number of amides is 3. The van der Waals surface area contributed by atoms with E-state index < -0.39 is 0 Å². The van der Waals surface area contributed by atoms with Crippen molar-refractivity contribution in [3.8, 4) is 0 Å². The number of thioether (sulfide) groups is 1. The molecule has 0 aliphatic heterocycles. The molecule has 0 bridgehead atoms. The molecule has 0 saturated heterocycles. The molecule has 2 aromatic carbocycles. The van der Waals surface area contributed by atoms with Crippen LogP contribution in [0.5, 0.6) is 0 Å². The third-order valence-electron chi connectivity index (χ3n) is 3.34. The van der Waals surface area contributed by atoms with Gasteiger partial charge in [-0.25, -0.2) is 4.79 Å². The second-order valence-corrected chi connectivity index (χ2v) is 6.71. The maximum Gasteiger partial charge on any atom is 0.319 e. The van der Waals surface area contributed by atoms with Crippen LogP contribution in [0.15, 0.2) is 59.5 Å². The minimum atomic E-state index is -0.389. The summed E-state index contributed by atoms with van der Waals surface area (Å²) in [6.45, 7) is 2.51. The summed E-state index contributed by atoms with van der Waals surface area (Å²) in [7, 11) is 0. The van der Waals surface area contributed by atoms with Crippen molar-refractivity contribution in [3.63, 3.8) is 0 Å². The highest BCUT2D eigenvalue weighted by Gasteiger charge is 2.05. The lowest BCUT2D eigenvalue weighted by Gasteiger charge is -2.09. The lowest BCUT2D eigenvalue weighted by atomic mass is 10.2. The van der Waals surface area contributed by atoms with Crippen molar-refractivity contribution >= 4 is 29.4 Å². The maximum absolute atomic E-state index is 11.8. The zero-order chi connectivity index (χ0) is 17.9. The van der Waals surface area contributed by atoms with E-state index in [0.717, 1.165) is 17.7 Å². The molecule has 0 spiro atoms. The van der Waals surface area contributed by atoms with Crippen LogP contribution in [-0.2, 0) is 4.79 Å². The molecule has 0 aromatic heterocycles. The summed E-state index contributed by atoms with van der Waals surface area (Å²) in [6.07, 6.45) is 0.876. The Balaban J connectivity index is 1.55. The van der Waals surface area contributed by atoms with Gasteiger partial charge in [0, 0.05) is 17.1 Å². The fourth-order valence-corrected chi connectivity index (χ4v) is 3.00. The lowest BCUT2D eigenvalue weighted by molar-refractivity contribution is -0.120. The van der Waals surface area contributed by atoms with E-state index in [4.69, 9.17) is 0 Å². The molecule has 0 radical (unpaired) electrons. The molecule has 132 valence electrons. The van der Waals surface area contributed by atoms with Gasteiger partial charge in [-0.15, -0.1) is 11.8 Å². The first-order valence-electron chi connectivity index (χ1n) is 8.19. The van der Waals surface area contributed by atoms with Gasteiger partial charge in [0.2, 0.25) is 5.91 Å². The minimum Gasteiger partial charge on any atom is -0.355 e. The average Bonchev–Trinajstić information content (AvgIpc) is 2.60. The molecule has 2 rings (SSSR count). The Morgan fingerprint density at radius 3 is 2.56 bits per heavy atom. The molecule has 3 N–H and O–H groups in total. The van der Waals surface area contributed by atoms with Gasteiger partial charge >= 0.3 is 6.03 Å². The van der Waals surface area contributed by atoms with E-state index >= 15 is 0 Å². The van der Waals surface area contributed by atoms with E-state index in [1.807, 2.05) is 43.3 Å². The van der Waals surface area contributed by atoms with Crippen molar-refractivity contribution in [3.05, 3.63) is 60.2 Å². The van der Waals surface area contributed by atoms with Crippen LogP contribution in [0.25, 0.3) is 0 Å². The van der Waals surface area contributed by atoms with Gasteiger partial charge in [-0.05, 0) is 48.9 Å². The zero-order valence-electron chi connectivity index (χ0n) is 14.2. The summed E-state index contributed by atoms with van der Waals surface area (Å²) in [6, 6.07) is 17.3. The Hall–Kier alpha value is -2.47. The van der Waals surface area contributed by atoms with Gasteiger partial charge in [-0.1, -0.05) is 30.3 Å². The number of rotatable bonds is 8. The van der Waals surface area contributed by atoms with Crippen LogP contribution in [0, 0.1) is 6.92 Å². The molecule has 0 unspecified atom stereocenters. The topological polar surface area (TPSA) is 70.2 Å². The molecule has 25 heavy (non-hydrogen) atoms. The number of urea groups is 1. The number of anilines is 1. The normalized spacial score (nSPS) is 10.1. The molecule has 0 atom stereocenters. The molecular formula is C19H23N3O2S. The van der Waals surface area contributed by atoms with Crippen molar-refractivity contribution in [1.29, 1.82) is 0 Å². The first-order chi connectivity index (χ1) is 12.1. The lowest BCUT2D eigenvalue weighted by Crippen LogP contribution is -2.39. The zero-order valence-corrected chi connectivity index (χ0v) is 15.1. The van der Waals surface area contributed by atoms with Crippen LogP contribution >= 0.6 is 11.8 Å².